The number of nitrogens with one attached hydrogen (secondary N) is 1. The third kappa shape index (κ3) is 2.54. The molecule has 0 heterocycles. The molecule has 0 spiro atoms. The molecular formula is C16H15BrN2O2. The smallest absolute Gasteiger partial charge is 0.253 e. The van der Waals surface area contributed by atoms with Crippen LogP contribution >= 0.6 is 15.9 Å². The number of nitrogens with two attached hydrogens (primary N) is 1. The largest absolute Gasteiger partial charge is 0.398 e. The van der Waals surface area contributed by atoms with E-state index in [1.54, 1.807) is 18.2 Å². The van der Waals surface area contributed by atoms with Crippen LogP contribution in [0.2, 0.25) is 0 Å². The molecule has 1 aliphatic carbocycles. The van der Waals surface area contributed by atoms with Crippen molar-refractivity contribution < 1.29 is 9.90 Å². The van der Waals surface area contributed by atoms with Crippen LogP contribution in [0.5, 0.6) is 0 Å². The predicted molar refractivity (Wildman–Crippen MR) is 84.9 cm³/mol. The van der Waals surface area contributed by atoms with Gasteiger partial charge in [0.1, 0.15) is 0 Å². The number of aliphatic hydroxyl groups excluding tert-OH is 1. The third-order valence-corrected chi connectivity index (χ3v) is 4.65. The van der Waals surface area contributed by atoms with E-state index in [0.29, 0.717) is 22.1 Å². The molecule has 21 heavy (non-hydrogen) atoms. The fourth-order valence-corrected chi connectivity index (χ4v) is 3.14. The predicted octanol–water partition coefficient (Wildman–Crippen LogP) is 2.42. The Balaban J connectivity index is 1.87. The van der Waals surface area contributed by atoms with E-state index in [-0.39, 0.29) is 11.9 Å². The number of anilines is 1. The Morgan fingerprint density at radius 3 is 2.81 bits per heavy atom. The van der Waals surface area contributed by atoms with Gasteiger partial charge < -0.3 is 16.2 Å². The Kier molecular flexibility index (Phi) is 3.69. The Morgan fingerprint density at radius 1 is 1.24 bits per heavy atom. The summed E-state index contributed by atoms with van der Waals surface area (Å²) in [5.74, 6) is -0.255. The number of hydrogen-bond donors (Lipinski definition) is 3. The molecule has 108 valence electrons. The maximum absolute atomic E-state index is 12.4. The quantitative estimate of drug-likeness (QED) is 0.731. The van der Waals surface area contributed by atoms with Gasteiger partial charge in [-0.15, -0.1) is 0 Å². The lowest BCUT2D eigenvalue weighted by Crippen LogP contribution is -2.34. The molecule has 0 unspecified atom stereocenters. The molecule has 2 aromatic carbocycles. The summed E-state index contributed by atoms with van der Waals surface area (Å²) in [6, 6.07) is 12.5. The molecule has 0 aliphatic heterocycles. The number of fused-ring (bicyclic) bond motifs is 1. The minimum absolute atomic E-state index is 0.255. The Labute approximate surface area is 131 Å². The van der Waals surface area contributed by atoms with Crippen molar-refractivity contribution in [3.8, 4) is 0 Å². The van der Waals surface area contributed by atoms with E-state index in [4.69, 9.17) is 5.73 Å². The first-order valence-electron chi connectivity index (χ1n) is 6.68. The summed E-state index contributed by atoms with van der Waals surface area (Å²) in [6.07, 6.45) is -0.0506. The summed E-state index contributed by atoms with van der Waals surface area (Å²) in [5.41, 5.74) is 8.81. The number of carbonyl (C=O) groups is 1. The summed E-state index contributed by atoms with van der Waals surface area (Å²) in [6.45, 7) is 0. The van der Waals surface area contributed by atoms with Crippen LogP contribution in [0.25, 0.3) is 0 Å². The van der Waals surface area contributed by atoms with Crippen LogP contribution in [0, 0.1) is 0 Å². The van der Waals surface area contributed by atoms with Gasteiger partial charge in [0, 0.05) is 12.1 Å². The van der Waals surface area contributed by atoms with E-state index < -0.39 is 6.10 Å². The van der Waals surface area contributed by atoms with Gasteiger partial charge in [-0.05, 0) is 39.2 Å². The molecular weight excluding hydrogens is 332 g/mol. The zero-order valence-electron chi connectivity index (χ0n) is 11.2. The number of rotatable bonds is 2. The van der Waals surface area contributed by atoms with Gasteiger partial charge >= 0.3 is 0 Å². The number of aliphatic hydroxyl groups is 1. The number of benzene rings is 2. The van der Waals surface area contributed by atoms with Crippen LogP contribution in [-0.2, 0) is 6.42 Å². The molecule has 0 aromatic heterocycles. The normalized spacial score (nSPS) is 20.1. The first-order valence-corrected chi connectivity index (χ1v) is 7.48. The van der Waals surface area contributed by atoms with Gasteiger partial charge in [0.15, 0.2) is 0 Å². The Hall–Kier alpha value is -1.85. The van der Waals surface area contributed by atoms with Gasteiger partial charge in [-0.2, -0.15) is 0 Å². The van der Waals surface area contributed by atoms with Gasteiger partial charge in [-0.3, -0.25) is 4.79 Å². The standard InChI is InChI=1S/C16H15BrN2O2/c17-14-11(6-3-7-12(14)18)16(21)19-15-10-5-2-1-4-9(10)8-13(15)20/h1-7,13,15,20H,8,18H2,(H,19,21)/t13-,15+/m1/s1. The molecule has 2 atom stereocenters. The highest BCUT2D eigenvalue weighted by atomic mass is 79.9. The zero-order chi connectivity index (χ0) is 15.0. The average molecular weight is 347 g/mol. The molecule has 3 rings (SSSR count). The van der Waals surface area contributed by atoms with E-state index in [2.05, 4.69) is 21.2 Å². The second kappa shape index (κ2) is 5.50. The number of halogens is 1. The minimum Gasteiger partial charge on any atom is -0.398 e. The summed E-state index contributed by atoms with van der Waals surface area (Å²) >= 11 is 3.33. The van der Waals surface area contributed by atoms with E-state index >= 15 is 0 Å². The van der Waals surface area contributed by atoms with Crippen molar-refractivity contribution in [3.05, 3.63) is 63.6 Å². The topological polar surface area (TPSA) is 75.4 Å². The SMILES string of the molecule is Nc1cccc(C(=O)N[C@H]2c3ccccc3C[C@H]2O)c1Br. The third-order valence-electron chi connectivity index (χ3n) is 3.76. The first kappa shape index (κ1) is 14.1. The van der Waals surface area contributed by atoms with Crippen molar-refractivity contribution in [1.82, 2.24) is 5.32 Å². The summed E-state index contributed by atoms with van der Waals surface area (Å²) < 4.78 is 0.572. The summed E-state index contributed by atoms with van der Waals surface area (Å²) in [7, 11) is 0. The summed E-state index contributed by atoms with van der Waals surface area (Å²) in [5, 5.41) is 13.1. The van der Waals surface area contributed by atoms with Crippen LogP contribution < -0.4 is 11.1 Å². The number of nitrogen functional groups attached to an aromatic ring is 1. The van der Waals surface area contributed by atoms with Crippen LogP contribution in [-0.4, -0.2) is 17.1 Å². The molecule has 4 nitrogen and oxygen atoms in total. The van der Waals surface area contributed by atoms with Gasteiger partial charge in [0.2, 0.25) is 0 Å². The van der Waals surface area contributed by atoms with Crippen LogP contribution in [0.15, 0.2) is 46.9 Å². The van der Waals surface area contributed by atoms with Crippen LogP contribution in [0.3, 0.4) is 0 Å². The molecule has 2 aromatic rings. The van der Waals surface area contributed by atoms with E-state index in [9.17, 15) is 9.90 Å². The highest BCUT2D eigenvalue weighted by molar-refractivity contribution is 9.10. The van der Waals surface area contributed by atoms with Crippen molar-refractivity contribution in [3.63, 3.8) is 0 Å². The Morgan fingerprint density at radius 2 is 2.00 bits per heavy atom. The van der Waals surface area contributed by atoms with E-state index in [1.807, 2.05) is 24.3 Å². The number of amides is 1. The van der Waals surface area contributed by atoms with E-state index in [1.165, 1.54) is 0 Å². The van der Waals surface area contributed by atoms with Crippen molar-refractivity contribution in [2.75, 3.05) is 5.73 Å². The van der Waals surface area contributed by atoms with Gasteiger partial charge in [0.25, 0.3) is 5.91 Å². The number of carbonyl (C=O) groups excluding carboxylic acids is 1. The molecule has 0 bridgehead atoms. The molecule has 0 saturated carbocycles. The lowest BCUT2D eigenvalue weighted by Gasteiger charge is -2.18. The van der Waals surface area contributed by atoms with Crippen LogP contribution in [0.4, 0.5) is 5.69 Å². The fourth-order valence-electron chi connectivity index (χ4n) is 2.69. The maximum Gasteiger partial charge on any atom is 0.253 e. The van der Waals surface area contributed by atoms with Crippen molar-refractivity contribution in [1.29, 1.82) is 0 Å². The molecule has 5 heteroatoms. The lowest BCUT2D eigenvalue weighted by molar-refractivity contribution is 0.0857. The Bertz CT molecular complexity index is 702. The van der Waals surface area contributed by atoms with Crippen LogP contribution in [0.1, 0.15) is 27.5 Å². The number of hydrogen-bond acceptors (Lipinski definition) is 3. The molecule has 4 N–H and O–H groups in total. The van der Waals surface area contributed by atoms with Crippen molar-refractivity contribution >= 4 is 27.5 Å². The minimum atomic E-state index is -0.605. The first-order chi connectivity index (χ1) is 10.1. The van der Waals surface area contributed by atoms with Crippen molar-refractivity contribution in [2.45, 2.75) is 18.6 Å². The summed E-state index contributed by atoms with van der Waals surface area (Å²) in [4.78, 5) is 12.4. The second-order valence-electron chi connectivity index (χ2n) is 5.13. The van der Waals surface area contributed by atoms with Gasteiger partial charge in [0.05, 0.1) is 22.2 Å². The van der Waals surface area contributed by atoms with Gasteiger partial charge in [-0.25, -0.2) is 0 Å². The van der Waals surface area contributed by atoms with E-state index in [0.717, 1.165) is 11.1 Å². The monoisotopic (exact) mass is 346 g/mol. The van der Waals surface area contributed by atoms with Crippen molar-refractivity contribution in [2.24, 2.45) is 0 Å². The molecule has 0 fully saturated rings. The zero-order valence-corrected chi connectivity index (χ0v) is 12.8. The fraction of sp³-hybridized carbons (Fsp3) is 0.188. The molecule has 1 aliphatic rings. The second-order valence-corrected chi connectivity index (χ2v) is 5.92. The molecule has 0 saturated heterocycles. The highest BCUT2D eigenvalue weighted by Gasteiger charge is 2.32. The maximum atomic E-state index is 12.4. The van der Waals surface area contributed by atoms with Gasteiger partial charge in [-0.1, -0.05) is 30.3 Å². The average Bonchev–Trinajstić information content (AvgIpc) is 2.78. The lowest BCUT2D eigenvalue weighted by atomic mass is 10.1. The molecule has 0 radical (unpaired) electrons. The molecule has 1 amide bonds. The highest BCUT2D eigenvalue weighted by Crippen LogP contribution is 2.32.